The van der Waals surface area contributed by atoms with E-state index in [0.717, 1.165) is 0 Å². The Morgan fingerprint density at radius 1 is 1.38 bits per heavy atom. The maximum Gasteiger partial charge on any atom is 0.332 e. The van der Waals surface area contributed by atoms with Crippen molar-refractivity contribution in [2.24, 2.45) is 0 Å². The number of nitrogens with one attached hydrogen (secondary N) is 2. The first-order valence-electron chi connectivity index (χ1n) is 6.91. The summed E-state index contributed by atoms with van der Waals surface area (Å²) in [5.41, 5.74) is 0. The van der Waals surface area contributed by atoms with E-state index >= 15 is 0 Å². The lowest BCUT2D eigenvalue weighted by molar-refractivity contribution is -0.149. The summed E-state index contributed by atoms with van der Waals surface area (Å²) in [6.45, 7) is 3.36. The van der Waals surface area contributed by atoms with Crippen molar-refractivity contribution in [3.63, 3.8) is 0 Å². The molecular weight excluding hydrogens is 300 g/mol. The number of sulfonamides is 1. The minimum Gasteiger partial charge on any atom is -0.479 e. The first-order valence-corrected chi connectivity index (χ1v) is 8.56. The number of hydrogen-bond acceptors (Lipinski definition) is 5. The summed E-state index contributed by atoms with van der Waals surface area (Å²) < 4.78 is 30.6. The summed E-state index contributed by atoms with van der Waals surface area (Å²) in [7, 11) is -3.45. The largest absolute Gasteiger partial charge is 0.479 e. The van der Waals surface area contributed by atoms with Crippen LogP contribution >= 0.6 is 0 Å². The van der Waals surface area contributed by atoms with Gasteiger partial charge in [0.05, 0.1) is 17.9 Å². The Hall–Kier alpha value is -1.19. The van der Waals surface area contributed by atoms with Gasteiger partial charge < -0.3 is 15.2 Å². The van der Waals surface area contributed by atoms with Crippen LogP contribution < -0.4 is 10.0 Å². The molecule has 21 heavy (non-hydrogen) atoms. The van der Waals surface area contributed by atoms with E-state index in [0.29, 0.717) is 19.3 Å². The molecule has 3 atom stereocenters. The molecule has 0 spiro atoms. The van der Waals surface area contributed by atoms with Gasteiger partial charge in [0.25, 0.3) is 0 Å². The molecule has 0 aromatic rings. The Balaban J connectivity index is 2.35. The fourth-order valence-electron chi connectivity index (χ4n) is 2.06. The third-order valence-electron chi connectivity index (χ3n) is 3.11. The molecule has 1 amide bonds. The number of carbonyl (C=O) groups excluding carboxylic acids is 1. The van der Waals surface area contributed by atoms with Crippen molar-refractivity contribution in [2.45, 2.75) is 51.4 Å². The Kier molecular flexibility index (Phi) is 6.56. The topological polar surface area (TPSA) is 122 Å². The van der Waals surface area contributed by atoms with E-state index in [4.69, 9.17) is 9.84 Å². The second-order valence-electron chi connectivity index (χ2n) is 5.07. The lowest BCUT2D eigenvalue weighted by Crippen LogP contribution is -2.47. The number of aliphatic carboxylic acids is 1. The van der Waals surface area contributed by atoms with Crippen molar-refractivity contribution in [3.05, 3.63) is 0 Å². The highest BCUT2D eigenvalue weighted by Crippen LogP contribution is 2.19. The molecule has 122 valence electrons. The van der Waals surface area contributed by atoms with Crippen molar-refractivity contribution >= 4 is 21.9 Å². The van der Waals surface area contributed by atoms with Crippen LogP contribution in [0.1, 0.15) is 33.1 Å². The van der Waals surface area contributed by atoms with Gasteiger partial charge in [0.2, 0.25) is 15.9 Å². The van der Waals surface area contributed by atoms with Gasteiger partial charge in [0.1, 0.15) is 0 Å². The van der Waals surface area contributed by atoms with Crippen molar-refractivity contribution in [3.8, 4) is 0 Å². The van der Waals surface area contributed by atoms with E-state index in [2.05, 4.69) is 10.0 Å². The van der Waals surface area contributed by atoms with Crippen LogP contribution in [0, 0.1) is 0 Å². The van der Waals surface area contributed by atoms with E-state index in [1.54, 1.807) is 6.92 Å². The van der Waals surface area contributed by atoms with Crippen LogP contribution in [0.25, 0.3) is 0 Å². The lowest BCUT2D eigenvalue weighted by Gasteiger charge is -2.16. The summed E-state index contributed by atoms with van der Waals surface area (Å²) in [4.78, 5) is 22.5. The number of amides is 1. The van der Waals surface area contributed by atoms with Gasteiger partial charge in [-0.2, -0.15) is 0 Å². The van der Waals surface area contributed by atoms with E-state index in [-0.39, 0.29) is 18.4 Å². The van der Waals surface area contributed by atoms with Gasteiger partial charge in [-0.25, -0.2) is 17.9 Å². The SMILES string of the molecule is CCCS(=O)(=O)NC(C)C(=O)NCC1CCC(C(=O)O)O1. The second-order valence-corrected chi connectivity index (χ2v) is 6.94. The molecule has 3 unspecified atom stereocenters. The molecule has 0 aliphatic carbocycles. The monoisotopic (exact) mass is 322 g/mol. The van der Waals surface area contributed by atoms with E-state index in [1.807, 2.05) is 0 Å². The highest BCUT2D eigenvalue weighted by atomic mass is 32.2. The maximum atomic E-state index is 11.8. The van der Waals surface area contributed by atoms with Gasteiger partial charge in [-0.05, 0) is 26.2 Å². The summed E-state index contributed by atoms with van der Waals surface area (Å²) >= 11 is 0. The zero-order valence-electron chi connectivity index (χ0n) is 12.2. The average molecular weight is 322 g/mol. The van der Waals surface area contributed by atoms with Gasteiger partial charge >= 0.3 is 5.97 Å². The van der Waals surface area contributed by atoms with Crippen LogP contribution in [0.15, 0.2) is 0 Å². The molecule has 8 nitrogen and oxygen atoms in total. The lowest BCUT2D eigenvalue weighted by atomic mass is 10.2. The van der Waals surface area contributed by atoms with Crippen LogP contribution in [0.5, 0.6) is 0 Å². The van der Waals surface area contributed by atoms with Crippen molar-refractivity contribution in [1.82, 2.24) is 10.0 Å². The van der Waals surface area contributed by atoms with E-state index in [1.165, 1.54) is 6.92 Å². The normalized spacial score (nSPS) is 23.7. The molecule has 1 saturated heterocycles. The number of carboxylic acids is 1. The highest BCUT2D eigenvalue weighted by molar-refractivity contribution is 7.89. The number of carbonyl (C=O) groups is 2. The smallest absolute Gasteiger partial charge is 0.332 e. The summed E-state index contributed by atoms with van der Waals surface area (Å²) in [5.74, 6) is -1.50. The van der Waals surface area contributed by atoms with Crippen LogP contribution in [0.4, 0.5) is 0 Å². The van der Waals surface area contributed by atoms with Crippen LogP contribution in [0.2, 0.25) is 0 Å². The molecule has 0 bridgehead atoms. The van der Waals surface area contributed by atoms with E-state index in [9.17, 15) is 18.0 Å². The third kappa shape index (κ3) is 5.98. The van der Waals surface area contributed by atoms with Gasteiger partial charge in [-0.15, -0.1) is 0 Å². The molecule has 1 fully saturated rings. The average Bonchev–Trinajstić information content (AvgIpc) is 2.84. The van der Waals surface area contributed by atoms with Gasteiger partial charge in [0.15, 0.2) is 6.10 Å². The molecule has 0 aromatic carbocycles. The maximum absolute atomic E-state index is 11.8. The van der Waals surface area contributed by atoms with Crippen LogP contribution in [-0.4, -0.2) is 55.9 Å². The Bertz CT molecular complexity index is 478. The minimum atomic E-state index is -3.45. The van der Waals surface area contributed by atoms with E-state index < -0.39 is 34.0 Å². The number of carboxylic acid groups (broad SMARTS) is 1. The predicted octanol–water partition coefficient (Wildman–Crippen LogP) is -0.547. The number of hydrogen-bond donors (Lipinski definition) is 3. The zero-order chi connectivity index (χ0) is 16.0. The molecule has 0 saturated carbocycles. The molecular formula is C12H22N2O6S. The standard InChI is InChI=1S/C12H22N2O6S/c1-3-6-21(18,19)14-8(2)11(15)13-7-9-4-5-10(20-9)12(16)17/h8-10,14H,3-7H2,1-2H3,(H,13,15)(H,16,17). The van der Waals surface area contributed by atoms with Crippen LogP contribution in [0.3, 0.4) is 0 Å². The fourth-order valence-corrected chi connectivity index (χ4v) is 3.36. The van der Waals surface area contributed by atoms with Crippen molar-refractivity contribution in [2.75, 3.05) is 12.3 Å². The first-order chi connectivity index (χ1) is 9.75. The molecule has 0 aromatic heterocycles. The molecule has 1 aliphatic rings. The summed E-state index contributed by atoms with van der Waals surface area (Å²) in [6.07, 6.45) is 0.250. The fraction of sp³-hybridized carbons (Fsp3) is 0.833. The van der Waals surface area contributed by atoms with Crippen LogP contribution in [-0.2, 0) is 24.3 Å². The Morgan fingerprint density at radius 2 is 2.05 bits per heavy atom. The molecule has 1 rings (SSSR count). The second kappa shape index (κ2) is 7.71. The quantitative estimate of drug-likeness (QED) is 0.551. The number of ether oxygens (including phenoxy) is 1. The highest BCUT2D eigenvalue weighted by Gasteiger charge is 2.31. The predicted molar refractivity (Wildman–Crippen MR) is 75.2 cm³/mol. The summed E-state index contributed by atoms with van der Waals surface area (Å²) in [6, 6.07) is -0.877. The van der Waals surface area contributed by atoms with Crippen molar-refractivity contribution in [1.29, 1.82) is 0 Å². The molecule has 9 heteroatoms. The third-order valence-corrected chi connectivity index (χ3v) is 4.77. The number of rotatable bonds is 8. The minimum absolute atomic E-state index is 0.0311. The summed E-state index contributed by atoms with van der Waals surface area (Å²) in [5, 5.41) is 11.4. The van der Waals surface area contributed by atoms with Crippen molar-refractivity contribution < 1.29 is 27.9 Å². The molecule has 3 N–H and O–H groups in total. The molecule has 1 heterocycles. The van der Waals surface area contributed by atoms with Gasteiger partial charge in [0, 0.05) is 6.54 Å². The van der Waals surface area contributed by atoms with Gasteiger partial charge in [-0.1, -0.05) is 6.92 Å². The molecule has 1 aliphatic heterocycles. The Morgan fingerprint density at radius 3 is 2.57 bits per heavy atom. The van der Waals surface area contributed by atoms with Gasteiger partial charge in [-0.3, -0.25) is 4.79 Å². The Labute approximate surface area is 124 Å². The molecule has 0 radical (unpaired) electrons. The zero-order valence-corrected chi connectivity index (χ0v) is 13.0. The first kappa shape index (κ1) is 17.9.